The average Bonchev–Trinajstić information content (AvgIpc) is 3.09. The van der Waals surface area contributed by atoms with Gasteiger partial charge < -0.3 is 15.2 Å². The van der Waals surface area contributed by atoms with Gasteiger partial charge in [0, 0.05) is 35.4 Å². The Labute approximate surface area is 139 Å². The van der Waals surface area contributed by atoms with E-state index in [0.29, 0.717) is 5.56 Å². The van der Waals surface area contributed by atoms with E-state index in [9.17, 15) is 9.59 Å². The second kappa shape index (κ2) is 5.53. The van der Waals surface area contributed by atoms with Gasteiger partial charge in [-0.3, -0.25) is 9.59 Å². The van der Waals surface area contributed by atoms with Crippen molar-refractivity contribution in [1.82, 2.24) is 9.88 Å². The maximum absolute atomic E-state index is 12.4. The highest BCUT2D eigenvalue weighted by molar-refractivity contribution is 6.01. The van der Waals surface area contributed by atoms with Gasteiger partial charge in [-0.2, -0.15) is 0 Å². The van der Waals surface area contributed by atoms with Gasteiger partial charge in [-0.1, -0.05) is 18.2 Å². The van der Waals surface area contributed by atoms with Crippen LogP contribution >= 0.6 is 0 Å². The highest BCUT2D eigenvalue weighted by Gasteiger charge is 2.29. The van der Waals surface area contributed by atoms with Crippen LogP contribution in [0.5, 0.6) is 0 Å². The third-order valence-corrected chi connectivity index (χ3v) is 4.44. The van der Waals surface area contributed by atoms with Crippen LogP contribution in [0, 0.1) is 0 Å². The minimum Gasteiger partial charge on any atom is -0.351 e. The van der Waals surface area contributed by atoms with E-state index < -0.39 is 0 Å². The van der Waals surface area contributed by atoms with Crippen molar-refractivity contribution in [2.75, 3.05) is 5.32 Å². The van der Waals surface area contributed by atoms with Crippen molar-refractivity contribution in [2.24, 2.45) is 7.05 Å². The molecule has 24 heavy (non-hydrogen) atoms. The van der Waals surface area contributed by atoms with Crippen LogP contribution in [0.1, 0.15) is 28.4 Å². The zero-order chi connectivity index (χ0) is 16.7. The summed E-state index contributed by atoms with van der Waals surface area (Å²) in [4.78, 5) is 24.3. The molecule has 5 heteroatoms. The summed E-state index contributed by atoms with van der Waals surface area (Å²) in [6, 6.07) is 15.0. The van der Waals surface area contributed by atoms with Crippen LogP contribution in [0.25, 0.3) is 10.9 Å². The van der Waals surface area contributed by atoms with Gasteiger partial charge in [0.15, 0.2) is 0 Å². The lowest BCUT2D eigenvalue weighted by molar-refractivity contribution is -0.116. The molecule has 0 radical (unpaired) electrons. The van der Waals surface area contributed by atoms with E-state index in [2.05, 4.69) is 10.6 Å². The normalized spacial score (nSPS) is 16.0. The smallest absolute Gasteiger partial charge is 0.252 e. The Morgan fingerprint density at radius 2 is 2.04 bits per heavy atom. The van der Waals surface area contributed by atoms with Gasteiger partial charge in [0.05, 0.1) is 12.5 Å². The minimum atomic E-state index is -0.269. The van der Waals surface area contributed by atoms with Gasteiger partial charge in [-0.05, 0) is 35.9 Å². The molecule has 1 aromatic heterocycles. The fourth-order valence-electron chi connectivity index (χ4n) is 3.24. The molecule has 0 aliphatic carbocycles. The molecule has 2 aromatic carbocycles. The van der Waals surface area contributed by atoms with E-state index in [0.717, 1.165) is 22.2 Å². The Bertz CT molecular complexity index is 958. The molecular formula is C19H17N3O2. The molecule has 5 nitrogen and oxygen atoms in total. The number of amides is 2. The second-order valence-electron chi connectivity index (χ2n) is 6.07. The Hall–Kier alpha value is -3.08. The number of carbonyl (C=O) groups excluding carboxylic acids is 2. The van der Waals surface area contributed by atoms with Gasteiger partial charge >= 0.3 is 0 Å². The van der Waals surface area contributed by atoms with Crippen molar-refractivity contribution in [3.05, 3.63) is 65.9 Å². The number of aryl methyl sites for hydroxylation is 1. The van der Waals surface area contributed by atoms with Crippen LogP contribution in [-0.4, -0.2) is 16.4 Å². The average molecular weight is 319 g/mol. The molecule has 1 atom stereocenters. The Kier molecular flexibility index (Phi) is 3.34. The molecule has 3 aromatic rings. The topological polar surface area (TPSA) is 63.1 Å². The van der Waals surface area contributed by atoms with Crippen molar-refractivity contribution < 1.29 is 9.59 Å². The summed E-state index contributed by atoms with van der Waals surface area (Å²) in [7, 11) is 1.99. The molecule has 0 saturated heterocycles. The number of aromatic nitrogens is 1. The first-order valence-corrected chi connectivity index (χ1v) is 7.86. The molecule has 0 fully saturated rings. The molecule has 0 saturated carbocycles. The van der Waals surface area contributed by atoms with E-state index in [-0.39, 0.29) is 24.3 Å². The van der Waals surface area contributed by atoms with Crippen molar-refractivity contribution in [3.63, 3.8) is 0 Å². The first-order valence-electron chi connectivity index (χ1n) is 7.86. The second-order valence-corrected chi connectivity index (χ2v) is 6.07. The number of benzene rings is 2. The third-order valence-electron chi connectivity index (χ3n) is 4.44. The van der Waals surface area contributed by atoms with E-state index >= 15 is 0 Å². The largest absolute Gasteiger partial charge is 0.351 e. The monoisotopic (exact) mass is 319 g/mol. The Morgan fingerprint density at radius 3 is 2.92 bits per heavy atom. The third kappa shape index (κ3) is 2.44. The van der Waals surface area contributed by atoms with Crippen LogP contribution in [0.2, 0.25) is 0 Å². The Balaban J connectivity index is 1.49. The molecule has 0 bridgehead atoms. The summed E-state index contributed by atoms with van der Waals surface area (Å²) in [5.41, 5.74) is 3.42. The van der Waals surface area contributed by atoms with Gasteiger partial charge in [0.2, 0.25) is 5.91 Å². The highest BCUT2D eigenvalue weighted by Crippen LogP contribution is 2.28. The minimum absolute atomic E-state index is 0.117. The lowest BCUT2D eigenvalue weighted by atomic mass is 10.0. The summed E-state index contributed by atoms with van der Waals surface area (Å²) in [6.45, 7) is 0. The quantitative estimate of drug-likeness (QED) is 0.779. The van der Waals surface area contributed by atoms with E-state index in [1.165, 1.54) is 0 Å². The van der Waals surface area contributed by atoms with Crippen LogP contribution in [0.15, 0.2) is 54.7 Å². The molecule has 1 aliphatic heterocycles. The molecule has 2 N–H and O–H groups in total. The molecule has 2 amide bonds. The number of nitrogens with zero attached hydrogens (tertiary/aromatic N) is 1. The van der Waals surface area contributed by atoms with Gasteiger partial charge in [-0.25, -0.2) is 0 Å². The van der Waals surface area contributed by atoms with Crippen molar-refractivity contribution in [1.29, 1.82) is 0 Å². The fraction of sp³-hybridized carbons (Fsp3) is 0.158. The Morgan fingerprint density at radius 1 is 1.21 bits per heavy atom. The predicted octanol–water partition coefficient (Wildman–Crippen LogP) is 2.99. The van der Waals surface area contributed by atoms with Crippen molar-refractivity contribution in [3.8, 4) is 0 Å². The van der Waals surface area contributed by atoms with E-state index in [1.54, 1.807) is 6.07 Å². The van der Waals surface area contributed by atoms with Crippen LogP contribution in [0.3, 0.4) is 0 Å². The molecule has 0 unspecified atom stereocenters. The van der Waals surface area contributed by atoms with Crippen LogP contribution < -0.4 is 10.6 Å². The summed E-state index contributed by atoms with van der Waals surface area (Å²) in [5, 5.41) is 6.86. The van der Waals surface area contributed by atoms with Gasteiger partial charge in [0.1, 0.15) is 0 Å². The number of hydrogen-bond acceptors (Lipinski definition) is 2. The molecular weight excluding hydrogens is 302 g/mol. The van der Waals surface area contributed by atoms with Crippen LogP contribution in [0.4, 0.5) is 5.69 Å². The standard InChI is InChI=1S/C19H17N3O2/c1-22-9-8-12-10-13(6-7-17(12)22)20-18(23)11-16-14-4-2-3-5-15(14)19(24)21-16/h2-10,16H,11H2,1H3,(H,20,23)(H,21,24)/t16-/m0/s1. The number of anilines is 1. The van der Waals surface area contributed by atoms with E-state index in [1.807, 2.05) is 60.3 Å². The lowest BCUT2D eigenvalue weighted by Gasteiger charge is -2.12. The first-order chi connectivity index (χ1) is 11.6. The van der Waals surface area contributed by atoms with Crippen molar-refractivity contribution >= 4 is 28.4 Å². The zero-order valence-corrected chi connectivity index (χ0v) is 13.2. The summed E-state index contributed by atoms with van der Waals surface area (Å²) >= 11 is 0. The molecule has 4 rings (SSSR count). The molecule has 2 heterocycles. The molecule has 1 aliphatic rings. The number of hydrogen-bond donors (Lipinski definition) is 2. The van der Waals surface area contributed by atoms with Gasteiger partial charge in [0.25, 0.3) is 5.91 Å². The summed E-state index contributed by atoms with van der Waals surface area (Å²) in [6.07, 6.45) is 2.21. The predicted molar refractivity (Wildman–Crippen MR) is 92.8 cm³/mol. The number of carbonyl (C=O) groups is 2. The SMILES string of the molecule is Cn1ccc2cc(NC(=O)C[C@@H]3NC(=O)c4ccccc43)ccc21. The first kappa shape index (κ1) is 14.5. The number of rotatable bonds is 3. The van der Waals surface area contributed by atoms with Crippen LogP contribution in [-0.2, 0) is 11.8 Å². The van der Waals surface area contributed by atoms with E-state index in [4.69, 9.17) is 0 Å². The molecule has 120 valence electrons. The number of nitrogens with one attached hydrogen (secondary N) is 2. The highest BCUT2D eigenvalue weighted by atomic mass is 16.2. The summed E-state index contributed by atoms with van der Waals surface area (Å²) in [5.74, 6) is -0.235. The molecule has 0 spiro atoms. The fourth-order valence-corrected chi connectivity index (χ4v) is 3.24. The lowest BCUT2D eigenvalue weighted by Crippen LogP contribution is -2.24. The number of fused-ring (bicyclic) bond motifs is 2. The maximum Gasteiger partial charge on any atom is 0.252 e. The van der Waals surface area contributed by atoms with Gasteiger partial charge in [-0.15, -0.1) is 0 Å². The summed E-state index contributed by atoms with van der Waals surface area (Å²) < 4.78 is 2.03. The van der Waals surface area contributed by atoms with Crippen molar-refractivity contribution in [2.45, 2.75) is 12.5 Å². The zero-order valence-electron chi connectivity index (χ0n) is 13.2. The maximum atomic E-state index is 12.4.